The highest BCUT2D eigenvalue weighted by atomic mass is 16.2. The van der Waals surface area contributed by atoms with Crippen LogP contribution < -0.4 is 30.4 Å². The summed E-state index contributed by atoms with van der Waals surface area (Å²) in [6.07, 6.45) is 12.3. The number of imidazole rings is 2. The van der Waals surface area contributed by atoms with E-state index in [1.165, 1.54) is 13.8 Å². The normalized spacial score (nSPS) is 11.3. The van der Waals surface area contributed by atoms with Gasteiger partial charge in [-0.25, -0.2) is 18.3 Å². The smallest absolute Gasteiger partial charge is 0.356 e. The van der Waals surface area contributed by atoms with E-state index < -0.39 is 0 Å². The lowest BCUT2D eigenvalue weighted by Crippen LogP contribution is -2.25. The van der Waals surface area contributed by atoms with E-state index in [4.69, 9.17) is 0 Å². The molecule has 2 aromatic heterocycles. The Labute approximate surface area is 326 Å². The summed E-state index contributed by atoms with van der Waals surface area (Å²) in [7, 11) is 3.96. The summed E-state index contributed by atoms with van der Waals surface area (Å²) in [5.41, 5.74) is 6.73. The number of aromatic nitrogens is 4. The van der Waals surface area contributed by atoms with E-state index >= 15 is 0 Å². The highest BCUT2D eigenvalue weighted by Crippen LogP contribution is 2.25. The fraction of sp³-hybridized carbons (Fsp3) is 0.238. The molecule has 0 atom stereocenters. The van der Waals surface area contributed by atoms with E-state index in [1.807, 2.05) is 133 Å². The van der Waals surface area contributed by atoms with Crippen LogP contribution in [0.15, 0.2) is 142 Å². The van der Waals surface area contributed by atoms with Crippen molar-refractivity contribution in [2.24, 2.45) is 34.6 Å². The summed E-state index contributed by atoms with van der Waals surface area (Å²) in [4.78, 5) is 22.5. The van der Waals surface area contributed by atoms with Crippen LogP contribution in [0.25, 0.3) is 0 Å². The van der Waals surface area contributed by atoms with E-state index in [9.17, 15) is 9.59 Å². The Morgan fingerprint density at radius 1 is 0.482 bits per heavy atom. The third-order valence-corrected chi connectivity index (χ3v) is 8.87. The van der Waals surface area contributed by atoms with Gasteiger partial charge in [0.25, 0.3) is 0 Å². The topological polar surface area (TPSA) is 149 Å². The standard InChI is InChI=1S/C42H46N12O2/c1-31(55)43-33-9-13-35(14-10-33)45-37-17-21-39(22-18-37)47-49-41-51(3)27-29-53(41)25-7-5-6-8-26-54-30-28-52(4)42(54)50-48-40-23-19-38(20-24-40)46-36-15-11-34(12-16-36)44-32(2)56/h9-24,27-30H,5-8,25-26H2,1-4H3,(H2,43,44,47,48,55,56)/p+2. The zero-order valence-corrected chi connectivity index (χ0v) is 32.2. The Bertz CT molecular complexity index is 2110. The summed E-state index contributed by atoms with van der Waals surface area (Å²) in [6.45, 7) is 4.70. The van der Waals surface area contributed by atoms with Gasteiger partial charge in [0.1, 0.15) is 11.4 Å². The predicted molar refractivity (Wildman–Crippen MR) is 219 cm³/mol. The number of nitrogens with zero attached hydrogens (tertiary/aromatic N) is 8. The number of carbonyl (C=O) groups is 2. The summed E-state index contributed by atoms with van der Waals surface area (Å²) in [6, 6.07) is 30.7. The summed E-state index contributed by atoms with van der Waals surface area (Å²) in [5, 5.41) is 30.4. The minimum atomic E-state index is -0.0958. The zero-order chi connectivity index (χ0) is 39.3. The molecule has 0 saturated heterocycles. The second kappa shape index (κ2) is 18.9. The van der Waals surface area contributed by atoms with Crippen LogP contribution in [0.5, 0.6) is 0 Å². The molecule has 6 aromatic rings. The maximum Gasteiger partial charge on any atom is 0.421 e. The van der Waals surface area contributed by atoms with Gasteiger partial charge in [0.2, 0.25) is 11.8 Å². The number of amides is 2. The quantitative estimate of drug-likeness (QED) is 0.0417. The van der Waals surface area contributed by atoms with Crippen LogP contribution in [-0.2, 0) is 36.8 Å². The number of nitrogens with one attached hydrogen (secondary N) is 4. The molecule has 2 amide bonds. The average Bonchev–Trinajstić information content (AvgIpc) is 3.73. The Morgan fingerprint density at radius 3 is 1.14 bits per heavy atom. The summed E-state index contributed by atoms with van der Waals surface area (Å²) < 4.78 is 8.25. The van der Waals surface area contributed by atoms with Gasteiger partial charge < -0.3 is 21.3 Å². The Balaban J connectivity index is 0.930. The van der Waals surface area contributed by atoms with Crippen LogP contribution >= 0.6 is 0 Å². The van der Waals surface area contributed by atoms with Gasteiger partial charge >= 0.3 is 11.9 Å². The molecule has 0 aliphatic rings. The molecule has 6 rings (SSSR count). The van der Waals surface area contributed by atoms with Crippen LogP contribution in [-0.4, -0.2) is 20.9 Å². The maximum atomic E-state index is 11.3. The molecule has 0 fully saturated rings. The molecular formula is C42H48N12O2+2. The van der Waals surface area contributed by atoms with Crippen molar-refractivity contribution < 1.29 is 18.7 Å². The molecule has 4 aromatic carbocycles. The molecule has 286 valence electrons. The van der Waals surface area contributed by atoms with E-state index in [-0.39, 0.29) is 11.8 Å². The van der Waals surface area contributed by atoms with Crippen molar-refractivity contribution in [2.45, 2.75) is 52.6 Å². The summed E-state index contributed by atoms with van der Waals surface area (Å²) in [5.74, 6) is 1.39. The first-order chi connectivity index (χ1) is 27.2. The number of unbranched alkanes of at least 4 members (excludes halogenated alkanes) is 3. The number of rotatable bonds is 17. The van der Waals surface area contributed by atoms with Crippen molar-refractivity contribution in [3.8, 4) is 0 Å². The highest BCUT2D eigenvalue weighted by Gasteiger charge is 2.16. The maximum absolute atomic E-state index is 11.3. The number of anilines is 6. The number of hydrogen-bond donors (Lipinski definition) is 4. The first kappa shape index (κ1) is 38.8. The predicted octanol–water partition coefficient (Wildman–Crippen LogP) is 9.43. The van der Waals surface area contributed by atoms with Crippen molar-refractivity contribution in [1.82, 2.24) is 9.13 Å². The van der Waals surface area contributed by atoms with Crippen molar-refractivity contribution >= 4 is 69.2 Å². The van der Waals surface area contributed by atoms with Gasteiger partial charge in [0, 0.05) is 58.2 Å². The Hall–Kier alpha value is -6.96. The lowest BCUT2D eigenvalue weighted by molar-refractivity contribution is -0.657. The van der Waals surface area contributed by atoms with Gasteiger partial charge in [-0.3, -0.25) is 9.59 Å². The molecule has 14 nitrogen and oxygen atoms in total. The number of aryl methyl sites for hydroxylation is 4. The van der Waals surface area contributed by atoms with Gasteiger partial charge in [-0.1, -0.05) is 23.1 Å². The molecule has 0 saturated carbocycles. The first-order valence-electron chi connectivity index (χ1n) is 18.6. The van der Waals surface area contributed by atoms with Gasteiger partial charge in [-0.05, 0) is 110 Å². The van der Waals surface area contributed by atoms with Crippen LogP contribution in [0.4, 0.5) is 57.4 Å². The SMILES string of the molecule is CC(=O)Nc1ccc(Nc2ccc(N=Nc3n(CCCCCCn4cc[n+](C)c4N=Nc4ccc(Nc5ccc(NC(C)=O)cc5)cc4)cc[n+]3C)cc2)cc1. The molecule has 0 bridgehead atoms. The number of carbonyl (C=O) groups excluding carboxylic acids is 2. The molecule has 56 heavy (non-hydrogen) atoms. The van der Waals surface area contributed by atoms with Gasteiger partial charge in [-0.15, -0.1) is 0 Å². The largest absolute Gasteiger partial charge is 0.421 e. The minimum Gasteiger partial charge on any atom is -0.356 e. The third kappa shape index (κ3) is 11.3. The van der Waals surface area contributed by atoms with Crippen molar-refractivity contribution in [3.63, 3.8) is 0 Å². The van der Waals surface area contributed by atoms with Crippen LogP contribution in [0.1, 0.15) is 39.5 Å². The lowest BCUT2D eigenvalue weighted by Gasteiger charge is -2.08. The van der Waals surface area contributed by atoms with E-state index in [0.717, 1.165) is 96.2 Å². The molecule has 0 unspecified atom stereocenters. The van der Waals surface area contributed by atoms with E-state index in [1.54, 1.807) is 0 Å². The van der Waals surface area contributed by atoms with Crippen LogP contribution in [0.2, 0.25) is 0 Å². The second-order valence-corrected chi connectivity index (χ2v) is 13.5. The summed E-state index contributed by atoms with van der Waals surface area (Å²) >= 11 is 0. The van der Waals surface area contributed by atoms with Gasteiger partial charge in [-0.2, -0.15) is 0 Å². The van der Waals surface area contributed by atoms with Crippen molar-refractivity contribution in [1.29, 1.82) is 0 Å². The average molecular weight is 753 g/mol. The Kier molecular flexibility index (Phi) is 13.1. The fourth-order valence-corrected chi connectivity index (χ4v) is 6.00. The molecule has 2 heterocycles. The fourth-order valence-electron chi connectivity index (χ4n) is 6.00. The second-order valence-electron chi connectivity index (χ2n) is 13.5. The van der Waals surface area contributed by atoms with Gasteiger partial charge in [0.05, 0.1) is 52.0 Å². The minimum absolute atomic E-state index is 0.0958. The molecule has 0 aliphatic heterocycles. The monoisotopic (exact) mass is 752 g/mol. The first-order valence-corrected chi connectivity index (χ1v) is 18.6. The van der Waals surface area contributed by atoms with Crippen LogP contribution in [0, 0.1) is 0 Å². The molecule has 0 aliphatic carbocycles. The third-order valence-electron chi connectivity index (χ3n) is 8.87. The molecular weight excluding hydrogens is 705 g/mol. The lowest BCUT2D eigenvalue weighted by atomic mass is 10.2. The van der Waals surface area contributed by atoms with Crippen molar-refractivity contribution in [3.05, 3.63) is 122 Å². The van der Waals surface area contributed by atoms with Gasteiger partial charge in [0.15, 0.2) is 0 Å². The molecule has 0 radical (unpaired) electrons. The zero-order valence-electron chi connectivity index (χ0n) is 32.2. The Morgan fingerprint density at radius 2 is 0.804 bits per heavy atom. The number of azo groups is 2. The molecule has 14 heteroatoms. The molecule has 4 N–H and O–H groups in total. The number of hydrogen-bond acceptors (Lipinski definition) is 8. The molecule has 0 spiro atoms. The van der Waals surface area contributed by atoms with Crippen molar-refractivity contribution in [2.75, 3.05) is 21.3 Å². The number of benzene rings is 4. The van der Waals surface area contributed by atoms with Crippen LogP contribution in [0.3, 0.4) is 0 Å². The highest BCUT2D eigenvalue weighted by molar-refractivity contribution is 5.89. The van der Waals surface area contributed by atoms with E-state index in [0.29, 0.717) is 0 Å². The van der Waals surface area contributed by atoms with E-state index in [2.05, 4.69) is 63.3 Å².